The Bertz CT molecular complexity index is 340. The topological polar surface area (TPSA) is 64.3 Å². The fourth-order valence-electron chi connectivity index (χ4n) is 1.34. The summed E-state index contributed by atoms with van der Waals surface area (Å²) in [5.74, 6) is -0.418. The molecule has 0 spiro atoms. The number of carbonyl (C=O) groups is 1. The number of hydrogen-bond acceptors (Lipinski definition) is 3. The monoisotopic (exact) mass is 242 g/mol. The Morgan fingerprint density at radius 2 is 2.12 bits per heavy atom. The van der Waals surface area contributed by atoms with E-state index >= 15 is 0 Å². The van der Waals surface area contributed by atoms with E-state index in [9.17, 15) is 4.79 Å². The van der Waals surface area contributed by atoms with E-state index in [4.69, 9.17) is 22.1 Å². The summed E-state index contributed by atoms with van der Waals surface area (Å²) in [6.45, 7) is 1.09. The van der Waals surface area contributed by atoms with Crippen molar-refractivity contribution < 1.29 is 9.53 Å². The average Bonchev–Trinajstić information content (AvgIpc) is 2.26. The van der Waals surface area contributed by atoms with Gasteiger partial charge in [-0.15, -0.1) is 0 Å². The second kappa shape index (κ2) is 6.48. The molecule has 0 heterocycles. The van der Waals surface area contributed by atoms with Gasteiger partial charge in [-0.05, 0) is 17.7 Å². The van der Waals surface area contributed by atoms with Crippen LogP contribution in [-0.2, 0) is 9.53 Å². The molecule has 0 saturated heterocycles. The average molecular weight is 243 g/mol. The lowest BCUT2D eigenvalue weighted by molar-refractivity contribution is -0.120. The number of ether oxygens (including phenoxy) is 1. The number of rotatable bonds is 6. The van der Waals surface area contributed by atoms with Crippen LogP contribution in [0.1, 0.15) is 11.6 Å². The molecule has 4 nitrogen and oxygen atoms in total. The number of nitrogens with one attached hydrogen (secondary N) is 1. The van der Waals surface area contributed by atoms with Gasteiger partial charge in [0.15, 0.2) is 0 Å². The van der Waals surface area contributed by atoms with Crippen molar-refractivity contribution in [1.82, 2.24) is 5.32 Å². The zero-order chi connectivity index (χ0) is 12.0. The first-order valence-corrected chi connectivity index (χ1v) is 5.30. The molecule has 0 radical (unpaired) electrons. The summed E-state index contributed by atoms with van der Waals surface area (Å²) >= 11 is 5.77. The Kier molecular flexibility index (Phi) is 5.25. The molecule has 88 valence electrons. The maximum Gasteiger partial charge on any atom is 0.239 e. The first-order valence-electron chi connectivity index (χ1n) is 4.92. The number of carbonyl (C=O) groups excluding carboxylic acids is 1. The van der Waals surface area contributed by atoms with E-state index in [1.165, 1.54) is 0 Å². The van der Waals surface area contributed by atoms with Crippen molar-refractivity contribution in [3.8, 4) is 0 Å². The van der Waals surface area contributed by atoms with Gasteiger partial charge in [-0.2, -0.15) is 0 Å². The second-order valence-electron chi connectivity index (χ2n) is 3.33. The summed E-state index contributed by atoms with van der Waals surface area (Å²) in [6, 6.07) is 6.50. The molecule has 0 aliphatic heterocycles. The first kappa shape index (κ1) is 13.0. The zero-order valence-corrected chi connectivity index (χ0v) is 9.83. The van der Waals surface area contributed by atoms with Gasteiger partial charge < -0.3 is 10.5 Å². The second-order valence-corrected chi connectivity index (χ2v) is 3.77. The van der Waals surface area contributed by atoms with Gasteiger partial charge in [0.1, 0.15) is 6.04 Å². The third-order valence-corrected chi connectivity index (χ3v) is 2.39. The van der Waals surface area contributed by atoms with Gasteiger partial charge in [0.05, 0.1) is 6.61 Å². The summed E-state index contributed by atoms with van der Waals surface area (Å²) in [6.07, 6.45) is 0. The predicted octanol–water partition coefficient (Wildman–Crippen LogP) is 1.10. The number of hydrogen-bond donors (Lipinski definition) is 2. The molecule has 0 aliphatic rings. The van der Waals surface area contributed by atoms with E-state index in [1.54, 1.807) is 31.4 Å². The highest BCUT2D eigenvalue weighted by molar-refractivity contribution is 6.30. The van der Waals surface area contributed by atoms with Crippen molar-refractivity contribution in [1.29, 1.82) is 0 Å². The van der Waals surface area contributed by atoms with E-state index < -0.39 is 11.9 Å². The summed E-state index contributed by atoms with van der Waals surface area (Å²) in [4.78, 5) is 11.3. The number of halogens is 1. The largest absolute Gasteiger partial charge is 0.383 e. The normalized spacial score (nSPS) is 12.4. The molecule has 16 heavy (non-hydrogen) atoms. The fraction of sp³-hybridized carbons (Fsp3) is 0.364. The Labute approximate surface area is 99.7 Å². The van der Waals surface area contributed by atoms with Crippen LogP contribution in [0.2, 0.25) is 5.02 Å². The van der Waals surface area contributed by atoms with Gasteiger partial charge in [-0.1, -0.05) is 23.7 Å². The third kappa shape index (κ3) is 3.81. The van der Waals surface area contributed by atoms with Crippen LogP contribution in [0.5, 0.6) is 0 Å². The lowest BCUT2D eigenvalue weighted by Crippen LogP contribution is -2.35. The molecule has 1 unspecified atom stereocenters. The Hall–Kier alpha value is -1.10. The zero-order valence-electron chi connectivity index (χ0n) is 9.07. The molecule has 0 fully saturated rings. The summed E-state index contributed by atoms with van der Waals surface area (Å²) < 4.78 is 4.89. The Morgan fingerprint density at radius 1 is 1.50 bits per heavy atom. The van der Waals surface area contributed by atoms with Crippen molar-refractivity contribution >= 4 is 17.5 Å². The molecule has 1 atom stereocenters. The van der Waals surface area contributed by atoms with E-state index in [0.717, 1.165) is 5.56 Å². The molecule has 5 heteroatoms. The van der Waals surface area contributed by atoms with Crippen molar-refractivity contribution in [2.45, 2.75) is 6.04 Å². The van der Waals surface area contributed by atoms with Gasteiger partial charge in [-0.3, -0.25) is 10.1 Å². The van der Waals surface area contributed by atoms with Gasteiger partial charge in [-0.25, -0.2) is 0 Å². The molecule has 0 aliphatic carbocycles. The molecular weight excluding hydrogens is 228 g/mol. The molecule has 1 rings (SSSR count). The SMILES string of the molecule is COCCNC(C(N)=O)c1ccc(Cl)cc1. The number of primary amides is 1. The van der Waals surface area contributed by atoms with Crippen LogP contribution in [0, 0.1) is 0 Å². The maximum atomic E-state index is 11.3. The highest BCUT2D eigenvalue weighted by Gasteiger charge is 2.16. The van der Waals surface area contributed by atoms with Crippen LogP contribution in [0.15, 0.2) is 24.3 Å². The van der Waals surface area contributed by atoms with Gasteiger partial charge in [0.25, 0.3) is 0 Å². The highest BCUT2D eigenvalue weighted by Crippen LogP contribution is 2.16. The third-order valence-electron chi connectivity index (χ3n) is 2.14. The molecule has 1 amide bonds. The lowest BCUT2D eigenvalue weighted by Gasteiger charge is -2.15. The minimum atomic E-state index is -0.507. The smallest absolute Gasteiger partial charge is 0.239 e. The Balaban J connectivity index is 2.69. The summed E-state index contributed by atoms with van der Waals surface area (Å²) in [7, 11) is 1.60. The number of methoxy groups -OCH3 is 1. The maximum absolute atomic E-state index is 11.3. The van der Waals surface area contributed by atoms with Crippen LogP contribution in [0.3, 0.4) is 0 Å². The van der Waals surface area contributed by atoms with Crippen molar-refractivity contribution in [2.75, 3.05) is 20.3 Å². The van der Waals surface area contributed by atoms with Crippen molar-refractivity contribution in [3.05, 3.63) is 34.9 Å². The Morgan fingerprint density at radius 3 is 2.62 bits per heavy atom. The van der Waals surface area contributed by atoms with E-state index in [1.807, 2.05) is 0 Å². The minimum absolute atomic E-state index is 0.418. The number of amides is 1. The number of benzene rings is 1. The molecule has 1 aromatic rings. The van der Waals surface area contributed by atoms with Gasteiger partial charge in [0.2, 0.25) is 5.91 Å². The quantitative estimate of drug-likeness (QED) is 0.735. The molecular formula is C11H15ClN2O2. The van der Waals surface area contributed by atoms with Gasteiger partial charge >= 0.3 is 0 Å². The summed E-state index contributed by atoms with van der Waals surface area (Å²) in [5.41, 5.74) is 6.11. The first-order chi connectivity index (χ1) is 7.65. The van der Waals surface area contributed by atoms with Crippen LogP contribution in [0.25, 0.3) is 0 Å². The molecule has 3 N–H and O–H groups in total. The fourth-order valence-corrected chi connectivity index (χ4v) is 1.47. The predicted molar refractivity (Wildman–Crippen MR) is 63.3 cm³/mol. The van der Waals surface area contributed by atoms with Crippen molar-refractivity contribution in [2.24, 2.45) is 5.73 Å². The standard InChI is InChI=1S/C11H15ClN2O2/c1-16-7-6-14-10(11(13)15)8-2-4-9(12)5-3-8/h2-5,10,14H,6-7H2,1H3,(H2,13,15). The van der Waals surface area contributed by atoms with E-state index in [-0.39, 0.29) is 0 Å². The highest BCUT2D eigenvalue weighted by atomic mass is 35.5. The molecule has 0 aromatic heterocycles. The molecule has 0 saturated carbocycles. The van der Waals surface area contributed by atoms with Crippen molar-refractivity contribution in [3.63, 3.8) is 0 Å². The van der Waals surface area contributed by atoms with Crippen LogP contribution >= 0.6 is 11.6 Å². The lowest BCUT2D eigenvalue weighted by atomic mass is 10.1. The molecule has 1 aromatic carbocycles. The van der Waals surface area contributed by atoms with Gasteiger partial charge in [0, 0.05) is 18.7 Å². The van der Waals surface area contributed by atoms with E-state index in [2.05, 4.69) is 5.32 Å². The van der Waals surface area contributed by atoms with Crippen LogP contribution in [0.4, 0.5) is 0 Å². The molecule has 0 bridgehead atoms. The van der Waals surface area contributed by atoms with E-state index in [0.29, 0.717) is 18.2 Å². The summed E-state index contributed by atoms with van der Waals surface area (Å²) in [5, 5.41) is 3.64. The van der Waals surface area contributed by atoms with Crippen LogP contribution < -0.4 is 11.1 Å². The minimum Gasteiger partial charge on any atom is -0.383 e. The van der Waals surface area contributed by atoms with Crippen LogP contribution in [-0.4, -0.2) is 26.2 Å². The number of nitrogens with two attached hydrogens (primary N) is 1.